The molecule has 1 saturated heterocycles. The second-order valence-corrected chi connectivity index (χ2v) is 3.69. The van der Waals surface area contributed by atoms with Crippen molar-refractivity contribution in [3.05, 3.63) is 35.9 Å². The van der Waals surface area contributed by atoms with Crippen molar-refractivity contribution in [2.45, 2.75) is 12.8 Å². The molecule has 3 heteroatoms. The Morgan fingerprint density at radius 2 is 2.14 bits per heavy atom. The average Bonchev–Trinajstić information content (AvgIpc) is 2.19. The Balaban J connectivity index is 1.91. The van der Waals surface area contributed by atoms with Gasteiger partial charge in [-0.3, -0.25) is 10.2 Å². The third-order valence-electron chi connectivity index (χ3n) is 2.49. The van der Waals surface area contributed by atoms with Crippen LogP contribution in [0.1, 0.15) is 5.56 Å². The SMILES string of the molecule is OC1CN(Cc2ccccc2)CCN1. The standard InChI is InChI=1S/C11H16N2O/c14-11-9-13(7-6-12-11)8-10-4-2-1-3-5-10/h1-5,11-12,14H,6-9H2. The Bertz CT molecular complexity index is 276. The van der Waals surface area contributed by atoms with E-state index in [0.29, 0.717) is 0 Å². The van der Waals surface area contributed by atoms with E-state index < -0.39 is 0 Å². The van der Waals surface area contributed by atoms with E-state index in [9.17, 15) is 5.11 Å². The van der Waals surface area contributed by atoms with Gasteiger partial charge in [-0.25, -0.2) is 0 Å². The van der Waals surface area contributed by atoms with Gasteiger partial charge < -0.3 is 5.11 Å². The van der Waals surface area contributed by atoms with Crippen molar-refractivity contribution in [2.24, 2.45) is 0 Å². The van der Waals surface area contributed by atoms with Crippen molar-refractivity contribution in [3.63, 3.8) is 0 Å². The molecule has 0 aromatic heterocycles. The Morgan fingerprint density at radius 1 is 1.36 bits per heavy atom. The summed E-state index contributed by atoms with van der Waals surface area (Å²) in [6.07, 6.45) is -0.368. The molecule has 3 nitrogen and oxygen atoms in total. The molecule has 1 aliphatic rings. The lowest BCUT2D eigenvalue weighted by Crippen LogP contribution is -2.50. The summed E-state index contributed by atoms with van der Waals surface area (Å²) in [4.78, 5) is 2.26. The van der Waals surface area contributed by atoms with E-state index in [1.807, 2.05) is 18.2 Å². The number of hydrogen-bond donors (Lipinski definition) is 2. The molecular formula is C11H16N2O. The number of piperazine rings is 1. The van der Waals surface area contributed by atoms with Crippen LogP contribution in [0.4, 0.5) is 0 Å². The van der Waals surface area contributed by atoms with Gasteiger partial charge in [-0.2, -0.15) is 0 Å². The van der Waals surface area contributed by atoms with Gasteiger partial charge in [-0.1, -0.05) is 30.3 Å². The van der Waals surface area contributed by atoms with Gasteiger partial charge in [0.25, 0.3) is 0 Å². The summed E-state index contributed by atoms with van der Waals surface area (Å²) in [5.41, 5.74) is 1.31. The van der Waals surface area contributed by atoms with E-state index in [0.717, 1.165) is 26.2 Å². The third-order valence-corrected chi connectivity index (χ3v) is 2.49. The molecule has 1 aromatic rings. The normalized spacial score (nSPS) is 23.6. The van der Waals surface area contributed by atoms with Gasteiger partial charge in [0.2, 0.25) is 0 Å². The molecule has 0 radical (unpaired) electrons. The van der Waals surface area contributed by atoms with E-state index in [1.165, 1.54) is 5.56 Å². The molecule has 1 atom stereocenters. The number of aliphatic hydroxyl groups excluding tert-OH is 1. The molecule has 76 valence electrons. The summed E-state index contributed by atoms with van der Waals surface area (Å²) in [5, 5.41) is 12.4. The Morgan fingerprint density at radius 3 is 2.86 bits per heavy atom. The van der Waals surface area contributed by atoms with Crippen LogP contribution >= 0.6 is 0 Å². The number of β-amino-alcohol motifs (C(OH)–C–C–N with tert-alkyl or cyclic N) is 1. The predicted octanol–water partition coefficient (Wildman–Crippen LogP) is 0.410. The van der Waals surface area contributed by atoms with E-state index in [-0.39, 0.29) is 6.23 Å². The van der Waals surface area contributed by atoms with Crippen LogP contribution in [0, 0.1) is 0 Å². The molecule has 1 aliphatic heterocycles. The fourth-order valence-electron chi connectivity index (χ4n) is 1.77. The molecule has 1 heterocycles. The van der Waals surface area contributed by atoms with E-state index >= 15 is 0 Å². The molecule has 1 aromatic carbocycles. The van der Waals surface area contributed by atoms with Crippen LogP contribution in [0.25, 0.3) is 0 Å². The quantitative estimate of drug-likeness (QED) is 0.712. The van der Waals surface area contributed by atoms with Crippen LogP contribution in [-0.2, 0) is 6.54 Å². The van der Waals surface area contributed by atoms with Gasteiger partial charge >= 0.3 is 0 Å². The summed E-state index contributed by atoms with van der Waals surface area (Å²) < 4.78 is 0. The molecule has 2 rings (SSSR count). The molecule has 0 spiro atoms. The minimum Gasteiger partial charge on any atom is -0.377 e. The van der Waals surface area contributed by atoms with Crippen molar-refractivity contribution in [2.75, 3.05) is 19.6 Å². The molecule has 0 bridgehead atoms. The van der Waals surface area contributed by atoms with Crippen LogP contribution in [0.2, 0.25) is 0 Å². The second kappa shape index (κ2) is 4.55. The van der Waals surface area contributed by atoms with Crippen LogP contribution in [0.5, 0.6) is 0 Å². The number of nitrogens with one attached hydrogen (secondary N) is 1. The van der Waals surface area contributed by atoms with Crippen molar-refractivity contribution < 1.29 is 5.11 Å². The average molecular weight is 192 g/mol. The number of hydrogen-bond acceptors (Lipinski definition) is 3. The fraction of sp³-hybridized carbons (Fsp3) is 0.455. The number of aliphatic hydroxyl groups is 1. The highest BCUT2D eigenvalue weighted by Gasteiger charge is 2.16. The Hall–Kier alpha value is -0.900. The van der Waals surface area contributed by atoms with Gasteiger partial charge in [0.05, 0.1) is 0 Å². The molecule has 0 saturated carbocycles. The Labute approximate surface area is 84.4 Å². The molecule has 0 aliphatic carbocycles. The summed E-state index contributed by atoms with van der Waals surface area (Å²) in [7, 11) is 0. The monoisotopic (exact) mass is 192 g/mol. The van der Waals surface area contributed by atoms with E-state index in [2.05, 4.69) is 22.3 Å². The topological polar surface area (TPSA) is 35.5 Å². The largest absolute Gasteiger partial charge is 0.377 e. The summed E-state index contributed by atoms with van der Waals surface area (Å²) >= 11 is 0. The first-order chi connectivity index (χ1) is 6.84. The zero-order chi connectivity index (χ0) is 9.80. The predicted molar refractivity (Wildman–Crippen MR) is 55.7 cm³/mol. The highest BCUT2D eigenvalue weighted by Crippen LogP contribution is 2.06. The van der Waals surface area contributed by atoms with Crippen molar-refractivity contribution in [1.82, 2.24) is 10.2 Å². The van der Waals surface area contributed by atoms with E-state index in [4.69, 9.17) is 0 Å². The fourth-order valence-corrected chi connectivity index (χ4v) is 1.77. The van der Waals surface area contributed by atoms with E-state index in [1.54, 1.807) is 0 Å². The first-order valence-corrected chi connectivity index (χ1v) is 5.02. The van der Waals surface area contributed by atoms with Crippen molar-refractivity contribution >= 4 is 0 Å². The lowest BCUT2D eigenvalue weighted by atomic mass is 10.2. The first kappa shape index (κ1) is 9.65. The van der Waals surface area contributed by atoms with Crippen LogP contribution in [-0.4, -0.2) is 35.9 Å². The summed E-state index contributed by atoms with van der Waals surface area (Å²) in [6.45, 7) is 3.52. The lowest BCUT2D eigenvalue weighted by molar-refractivity contribution is 0.0511. The maximum atomic E-state index is 9.40. The van der Waals surface area contributed by atoms with Gasteiger partial charge in [0, 0.05) is 26.2 Å². The minimum absolute atomic E-state index is 0.368. The smallest absolute Gasteiger partial charge is 0.117 e. The molecule has 2 N–H and O–H groups in total. The highest BCUT2D eigenvalue weighted by molar-refractivity contribution is 5.14. The molecule has 14 heavy (non-hydrogen) atoms. The molecule has 1 fully saturated rings. The summed E-state index contributed by atoms with van der Waals surface area (Å²) in [5.74, 6) is 0. The second-order valence-electron chi connectivity index (χ2n) is 3.69. The maximum Gasteiger partial charge on any atom is 0.117 e. The minimum atomic E-state index is -0.368. The first-order valence-electron chi connectivity index (χ1n) is 5.02. The molecule has 1 unspecified atom stereocenters. The zero-order valence-electron chi connectivity index (χ0n) is 8.19. The van der Waals surface area contributed by atoms with Crippen LogP contribution in [0.15, 0.2) is 30.3 Å². The maximum absolute atomic E-state index is 9.40. The van der Waals surface area contributed by atoms with Gasteiger partial charge in [0.15, 0.2) is 0 Å². The number of nitrogens with zero attached hydrogens (tertiary/aromatic N) is 1. The van der Waals surface area contributed by atoms with Gasteiger partial charge in [-0.15, -0.1) is 0 Å². The number of rotatable bonds is 2. The van der Waals surface area contributed by atoms with Gasteiger partial charge in [-0.05, 0) is 5.56 Å². The van der Waals surface area contributed by atoms with Gasteiger partial charge in [0.1, 0.15) is 6.23 Å². The van der Waals surface area contributed by atoms with Crippen molar-refractivity contribution in [3.8, 4) is 0 Å². The summed E-state index contributed by atoms with van der Waals surface area (Å²) in [6, 6.07) is 10.4. The zero-order valence-corrected chi connectivity index (χ0v) is 8.19. The van der Waals surface area contributed by atoms with Crippen LogP contribution in [0.3, 0.4) is 0 Å². The Kier molecular flexibility index (Phi) is 3.14. The number of benzene rings is 1. The molecular weight excluding hydrogens is 176 g/mol. The molecule has 0 amide bonds. The lowest BCUT2D eigenvalue weighted by Gasteiger charge is -2.30. The third kappa shape index (κ3) is 2.54. The van der Waals surface area contributed by atoms with Crippen molar-refractivity contribution in [1.29, 1.82) is 0 Å². The van der Waals surface area contributed by atoms with Crippen LogP contribution < -0.4 is 5.32 Å². The highest BCUT2D eigenvalue weighted by atomic mass is 16.3.